The molecule has 0 fully saturated rings. The van der Waals surface area contributed by atoms with E-state index in [1.807, 2.05) is 25.1 Å². The number of nitrogens with one attached hydrogen (secondary N) is 1. The summed E-state index contributed by atoms with van der Waals surface area (Å²) >= 11 is 3.28. The molecule has 8 heteroatoms. The number of aryl methyl sites for hydroxylation is 2. The van der Waals surface area contributed by atoms with Gasteiger partial charge < -0.3 is 15.5 Å². The Kier molecular flexibility index (Phi) is 7.57. The van der Waals surface area contributed by atoms with Crippen LogP contribution in [-0.4, -0.2) is 4.98 Å². The largest absolute Gasteiger partial charge is 0.487 e. The molecule has 29 heavy (non-hydrogen) atoms. The standard InChI is InChI=1S/C21H19BrF2N2O2.ClH/c1-11-3-4-13(9-25)7-16(11)18-12(2)26-21(27)19(22)20(18)28-10-14-5-6-15(23)8-17(14)24;/h3-8H,9-10,25H2,1-2H3,(H,26,27);1H. The van der Waals surface area contributed by atoms with Gasteiger partial charge in [0.15, 0.2) is 0 Å². The Labute approximate surface area is 181 Å². The summed E-state index contributed by atoms with van der Waals surface area (Å²) in [7, 11) is 0. The normalized spacial score (nSPS) is 10.6. The van der Waals surface area contributed by atoms with Crippen LogP contribution in [0, 0.1) is 25.5 Å². The van der Waals surface area contributed by atoms with Gasteiger partial charge in [-0.1, -0.05) is 12.1 Å². The van der Waals surface area contributed by atoms with Gasteiger partial charge in [-0.05, 0) is 64.7 Å². The molecule has 1 aromatic heterocycles. The second-order valence-electron chi connectivity index (χ2n) is 6.48. The van der Waals surface area contributed by atoms with Crippen molar-refractivity contribution in [2.45, 2.75) is 27.0 Å². The Morgan fingerprint density at radius 2 is 1.86 bits per heavy atom. The van der Waals surface area contributed by atoms with E-state index in [-0.39, 0.29) is 34.6 Å². The zero-order valence-corrected chi connectivity index (χ0v) is 18.2. The SMILES string of the molecule is Cc1ccc(CN)cc1-c1c(C)[nH]c(=O)c(Br)c1OCc1ccc(F)cc1F.Cl. The van der Waals surface area contributed by atoms with Gasteiger partial charge in [0.2, 0.25) is 0 Å². The fraction of sp³-hybridized carbons (Fsp3) is 0.190. The number of hydrogen-bond donors (Lipinski definition) is 2. The van der Waals surface area contributed by atoms with E-state index in [2.05, 4.69) is 20.9 Å². The number of halogens is 4. The Bertz CT molecular complexity index is 1100. The maximum Gasteiger partial charge on any atom is 0.266 e. The van der Waals surface area contributed by atoms with Crippen molar-refractivity contribution in [3.63, 3.8) is 0 Å². The van der Waals surface area contributed by atoms with Gasteiger partial charge in [0.1, 0.15) is 28.5 Å². The predicted molar refractivity (Wildman–Crippen MR) is 116 cm³/mol. The van der Waals surface area contributed by atoms with Crippen LogP contribution in [0.1, 0.15) is 22.4 Å². The highest BCUT2D eigenvalue weighted by molar-refractivity contribution is 9.10. The summed E-state index contributed by atoms with van der Waals surface area (Å²) in [6, 6.07) is 9.09. The molecule has 154 valence electrons. The van der Waals surface area contributed by atoms with Crippen LogP contribution in [0.2, 0.25) is 0 Å². The number of pyridine rings is 1. The molecule has 0 atom stereocenters. The highest BCUT2D eigenvalue weighted by atomic mass is 79.9. The average molecular weight is 486 g/mol. The molecular formula is C21H20BrClF2N2O2. The van der Waals surface area contributed by atoms with Gasteiger partial charge in [-0.2, -0.15) is 0 Å². The van der Waals surface area contributed by atoms with Crippen molar-refractivity contribution in [2.75, 3.05) is 0 Å². The summed E-state index contributed by atoms with van der Waals surface area (Å²) in [4.78, 5) is 15.0. The quantitative estimate of drug-likeness (QED) is 0.525. The minimum atomic E-state index is -0.708. The summed E-state index contributed by atoms with van der Waals surface area (Å²) < 4.78 is 33.2. The summed E-state index contributed by atoms with van der Waals surface area (Å²) in [6.45, 7) is 3.92. The van der Waals surface area contributed by atoms with Crippen LogP contribution >= 0.6 is 28.3 Å². The fourth-order valence-corrected chi connectivity index (χ4v) is 3.40. The van der Waals surface area contributed by atoms with Crippen molar-refractivity contribution < 1.29 is 13.5 Å². The van der Waals surface area contributed by atoms with Crippen molar-refractivity contribution in [3.05, 3.63) is 85.2 Å². The number of benzene rings is 2. The van der Waals surface area contributed by atoms with E-state index >= 15 is 0 Å². The molecule has 0 saturated heterocycles. The van der Waals surface area contributed by atoms with Crippen molar-refractivity contribution in [3.8, 4) is 16.9 Å². The van der Waals surface area contributed by atoms with Crippen molar-refractivity contribution in [1.82, 2.24) is 4.98 Å². The van der Waals surface area contributed by atoms with Gasteiger partial charge in [-0.25, -0.2) is 8.78 Å². The number of rotatable bonds is 5. The number of H-pyrrole nitrogens is 1. The number of nitrogens with two attached hydrogens (primary N) is 1. The topological polar surface area (TPSA) is 68.1 Å². The monoisotopic (exact) mass is 484 g/mol. The van der Waals surface area contributed by atoms with Gasteiger partial charge >= 0.3 is 0 Å². The van der Waals surface area contributed by atoms with Crippen LogP contribution in [0.5, 0.6) is 5.75 Å². The molecular weight excluding hydrogens is 466 g/mol. The third kappa shape index (κ3) is 4.86. The fourth-order valence-electron chi connectivity index (χ4n) is 2.98. The van der Waals surface area contributed by atoms with E-state index in [0.29, 0.717) is 23.6 Å². The van der Waals surface area contributed by atoms with Gasteiger partial charge in [-0.3, -0.25) is 4.79 Å². The van der Waals surface area contributed by atoms with Gasteiger partial charge in [0.25, 0.3) is 5.56 Å². The van der Waals surface area contributed by atoms with Crippen molar-refractivity contribution >= 4 is 28.3 Å². The first-order valence-corrected chi connectivity index (χ1v) is 9.40. The Morgan fingerprint density at radius 1 is 1.14 bits per heavy atom. The van der Waals surface area contributed by atoms with Gasteiger partial charge in [-0.15, -0.1) is 12.4 Å². The first kappa shape index (κ1) is 23.1. The molecule has 0 spiro atoms. The lowest BCUT2D eigenvalue weighted by Gasteiger charge is -2.18. The van der Waals surface area contributed by atoms with E-state index in [4.69, 9.17) is 10.5 Å². The second kappa shape index (κ2) is 9.52. The van der Waals surface area contributed by atoms with Crippen molar-refractivity contribution in [2.24, 2.45) is 5.73 Å². The molecule has 2 aromatic carbocycles. The third-order valence-electron chi connectivity index (χ3n) is 4.50. The molecule has 0 saturated carbocycles. The molecule has 0 bridgehead atoms. The Hall–Kier alpha value is -2.22. The molecule has 4 nitrogen and oxygen atoms in total. The molecule has 0 aliphatic heterocycles. The molecule has 0 amide bonds. The number of hydrogen-bond acceptors (Lipinski definition) is 3. The van der Waals surface area contributed by atoms with Crippen LogP contribution in [0.15, 0.2) is 45.7 Å². The molecule has 0 radical (unpaired) electrons. The molecule has 0 aliphatic rings. The van der Waals surface area contributed by atoms with Crippen LogP contribution in [-0.2, 0) is 13.2 Å². The molecule has 1 heterocycles. The molecule has 0 unspecified atom stereocenters. The first-order valence-electron chi connectivity index (χ1n) is 8.61. The highest BCUT2D eigenvalue weighted by Gasteiger charge is 2.19. The Balaban J connectivity index is 0.00000300. The van der Waals surface area contributed by atoms with E-state index < -0.39 is 11.6 Å². The zero-order valence-electron chi connectivity index (χ0n) is 15.8. The highest BCUT2D eigenvalue weighted by Crippen LogP contribution is 2.38. The summed E-state index contributed by atoms with van der Waals surface area (Å²) in [5.74, 6) is -1.08. The van der Waals surface area contributed by atoms with E-state index in [9.17, 15) is 13.6 Å². The first-order chi connectivity index (χ1) is 13.3. The maximum atomic E-state index is 14.0. The van der Waals surface area contributed by atoms with E-state index in [0.717, 1.165) is 28.8 Å². The maximum absolute atomic E-state index is 14.0. The lowest BCUT2D eigenvalue weighted by atomic mass is 9.96. The van der Waals surface area contributed by atoms with Crippen LogP contribution in [0.3, 0.4) is 0 Å². The minimum Gasteiger partial charge on any atom is -0.487 e. The van der Waals surface area contributed by atoms with Gasteiger partial charge in [0.05, 0.1) is 0 Å². The zero-order chi connectivity index (χ0) is 20.4. The Morgan fingerprint density at radius 3 is 2.52 bits per heavy atom. The summed E-state index contributed by atoms with van der Waals surface area (Å²) in [5.41, 5.74) is 9.64. The smallest absolute Gasteiger partial charge is 0.266 e. The molecule has 3 aromatic rings. The third-order valence-corrected chi connectivity index (χ3v) is 5.22. The van der Waals surface area contributed by atoms with Crippen LogP contribution in [0.4, 0.5) is 8.78 Å². The van der Waals surface area contributed by atoms with E-state index in [1.165, 1.54) is 6.07 Å². The minimum absolute atomic E-state index is 0. The van der Waals surface area contributed by atoms with Gasteiger partial charge in [0, 0.05) is 29.4 Å². The summed E-state index contributed by atoms with van der Waals surface area (Å²) in [5, 5.41) is 0. The summed E-state index contributed by atoms with van der Waals surface area (Å²) in [6.07, 6.45) is 0. The number of aromatic nitrogens is 1. The van der Waals surface area contributed by atoms with E-state index in [1.54, 1.807) is 6.92 Å². The molecule has 3 rings (SSSR count). The number of ether oxygens (including phenoxy) is 1. The predicted octanol–water partition coefficient (Wildman–Crippen LogP) is 5.16. The number of aromatic amines is 1. The lowest BCUT2D eigenvalue weighted by Crippen LogP contribution is -2.13. The lowest BCUT2D eigenvalue weighted by molar-refractivity contribution is 0.298. The molecule has 3 N–H and O–H groups in total. The van der Waals surface area contributed by atoms with Crippen LogP contribution < -0.4 is 16.0 Å². The van der Waals surface area contributed by atoms with Crippen LogP contribution in [0.25, 0.3) is 11.1 Å². The second-order valence-corrected chi connectivity index (χ2v) is 7.27. The average Bonchev–Trinajstić information content (AvgIpc) is 2.65. The van der Waals surface area contributed by atoms with Crippen molar-refractivity contribution in [1.29, 1.82) is 0 Å². The molecule has 0 aliphatic carbocycles.